The molecule has 0 atom stereocenters. The summed E-state index contributed by atoms with van der Waals surface area (Å²) in [5.74, 6) is 0.0646. The summed E-state index contributed by atoms with van der Waals surface area (Å²) in [6.07, 6.45) is 4.84. The van der Waals surface area contributed by atoms with Crippen molar-refractivity contribution in [2.75, 3.05) is 0 Å². The largest absolute Gasteiger partial charge is 0.488 e. The topological polar surface area (TPSA) is 26.3 Å². The Bertz CT molecular complexity index is 436. The van der Waals surface area contributed by atoms with Crippen LogP contribution in [0.4, 0.5) is 4.39 Å². The summed E-state index contributed by atoms with van der Waals surface area (Å²) in [6, 6.07) is 4.85. The van der Waals surface area contributed by atoms with Gasteiger partial charge in [0.05, 0.1) is 6.10 Å². The second-order valence-corrected chi connectivity index (χ2v) is 4.50. The number of hydrogen-bond donors (Lipinski definition) is 0. The van der Waals surface area contributed by atoms with Gasteiger partial charge in [-0.25, -0.2) is 4.39 Å². The van der Waals surface area contributed by atoms with Gasteiger partial charge in [0.2, 0.25) is 0 Å². The number of halogens is 1. The molecule has 2 nitrogen and oxygen atoms in total. The summed E-state index contributed by atoms with van der Waals surface area (Å²) in [7, 11) is 0. The molecule has 0 unspecified atom stereocenters. The van der Waals surface area contributed by atoms with Gasteiger partial charge in [-0.2, -0.15) is 0 Å². The van der Waals surface area contributed by atoms with Crippen LogP contribution in [0, 0.1) is 5.82 Å². The van der Waals surface area contributed by atoms with Crippen molar-refractivity contribution in [1.29, 1.82) is 0 Å². The minimum absolute atomic E-state index is 0.0449. The summed E-state index contributed by atoms with van der Waals surface area (Å²) in [4.78, 5) is 10.7. The number of ketones is 1. The van der Waals surface area contributed by atoms with Gasteiger partial charge in [-0.05, 0) is 44.9 Å². The number of benzene rings is 1. The van der Waals surface area contributed by atoms with Crippen LogP contribution in [0.2, 0.25) is 0 Å². The molecule has 1 aromatic carbocycles. The highest BCUT2D eigenvalue weighted by Gasteiger charge is 2.05. The molecule has 0 aliphatic heterocycles. The highest BCUT2D eigenvalue weighted by atomic mass is 19.1. The molecule has 0 fully saturated rings. The van der Waals surface area contributed by atoms with Gasteiger partial charge < -0.3 is 9.53 Å². The van der Waals surface area contributed by atoms with Crippen LogP contribution in [-0.2, 0) is 4.79 Å². The molecule has 0 saturated carbocycles. The normalized spacial score (nSPS) is 11.2. The molecule has 98 valence electrons. The van der Waals surface area contributed by atoms with Gasteiger partial charge in [0.15, 0.2) is 11.6 Å². The van der Waals surface area contributed by atoms with Crippen molar-refractivity contribution in [3.05, 3.63) is 35.7 Å². The maximum atomic E-state index is 13.6. The molecule has 0 spiro atoms. The first-order valence-electron chi connectivity index (χ1n) is 6.11. The Morgan fingerprint density at radius 3 is 2.72 bits per heavy atom. The van der Waals surface area contributed by atoms with E-state index in [9.17, 15) is 9.18 Å². The average molecular weight is 250 g/mol. The third kappa shape index (κ3) is 5.13. The Morgan fingerprint density at radius 2 is 2.17 bits per heavy atom. The summed E-state index contributed by atoms with van der Waals surface area (Å²) < 4.78 is 18.9. The lowest BCUT2D eigenvalue weighted by atomic mass is 10.1. The zero-order valence-corrected chi connectivity index (χ0v) is 11.1. The van der Waals surface area contributed by atoms with Crippen molar-refractivity contribution in [2.24, 2.45) is 0 Å². The smallest absolute Gasteiger partial charge is 0.165 e. The van der Waals surface area contributed by atoms with Crippen LogP contribution >= 0.6 is 0 Å². The SMILES string of the molecule is CC(=O)CC/C=C/c1ccc(OC(C)C)c(F)c1. The molecule has 1 aromatic rings. The third-order valence-electron chi connectivity index (χ3n) is 2.29. The number of rotatable bonds is 6. The quantitative estimate of drug-likeness (QED) is 0.763. The number of allylic oxidation sites excluding steroid dienone is 1. The second-order valence-electron chi connectivity index (χ2n) is 4.50. The van der Waals surface area contributed by atoms with Gasteiger partial charge in [0, 0.05) is 6.42 Å². The Hall–Kier alpha value is -1.64. The molecule has 0 aliphatic rings. The van der Waals surface area contributed by atoms with E-state index in [2.05, 4.69) is 0 Å². The van der Waals surface area contributed by atoms with Crippen molar-refractivity contribution in [3.8, 4) is 5.75 Å². The molecular weight excluding hydrogens is 231 g/mol. The van der Waals surface area contributed by atoms with Crippen LogP contribution < -0.4 is 4.74 Å². The second kappa shape index (κ2) is 6.94. The van der Waals surface area contributed by atoms with Gasteiger partial charge in [-0.1, -0.05) is 18.2 Å². The van der Waals surface area contributed by atoms with Crippen LogP contribution in [0.3, 0.4) is 0 Å². The summed E-state index contributed by atoms with van der Waals surface area (Å²) >= 11 is 0. The average Bonchev–Trinajstić information content (AvgIpc) is 2.27. The van der Waals surface area contributed by atoms with Crippen molar-refractivity contribution in [1.82, 2.24) is 0 Å². The minimum Gasteiger partial charge on any atom is -0.488 e. The third-order valence-corrected chi connectivity index (χ3v) is 2.29. The van der Waals surface area contributed by atoms with Crippen LogP contribution in [-0.4, -0.2) is 11.9 Å². The first-order chi connectivity index (χ1) is 8.49. The van der Waals surface area contributed by atoms with Gasteiger partial charge in [0.25, 0.3) is 0 Å². The number of ether oxygens (including phenoxy) is 1. The van der Waals surface area contributed by atoms with Crippen LogP contribution in [0.1, 0.15) is 39.2 Å². The number of hydrogen-bond acceptors (Lipinski definition) is 2. The lowest BCUT2D eigenvalue weighted by Gasteiger charge is -2.10. The summed E-state index contributed by atoms with van der Waals surface area (Å²) in [5.41, 5.74) is 0.771. The van der Waals surface area contributed by atoms with E-state index in [-0.39, 0.29) is 23.5 Å². The fourth-order valence-corrected chi connectivity index (χ4v) is 1.48. The molecule has 0 aromatic heterocycles. The first-order valence-corrected chi connectivity index (χ1v) is 6.11. The molecule has 0 bridgehead atoms. The zero-order chi connectivity index (χ0) is 13.5. The number of carbonyl (C=O) groups is 1. The van der Waals surface area contributed by atoms with E-state index < -0.39 is 0 Å². The van der Waals surface area contributed by atoms with Crippen LogP contribution in [0.5, 0.6) is 5.75 Å². The molecule has 18 heavy (non-hydrogen) atoms. The van der Waals surface area contributed by atoms with E-state index in [4.69, 9.17) is 4.74 Å². The van der Waals surface area contributed by atoms with Crippen LogP contribution in [0.25, 0.3) is 6.08 Å². The standard InChI is InChI=1S/C15H19FO2/c1-11(2)18-15-9-8-13(10-14(15)16)7-5-4-6-12(3)17/h5,7-11H,4,6H2,1-3H3/b7-5+. The number of Topliss-reactive ketones (excluding diaryl/α,β-unsaturated/α-hetero) is 1. The van der Waals surface area contributed by atoms with Gasteiger partial charge in [0.1, 0.15) is 5.78 Å². The lowest BCUT2D eigenvalue weighted by molar-refractivity contribution is -0.116. The predicted molar refractivity (Wildman–Crippen MR) is 71.1 cm³/mol. The zero-order valence-electron chi connectivity index (χ0n) is 11.1. The Balaban J connectivity index is 2.63. The maximum absolute atomic E-state index is 13.6. The molecule has 0 radical (unpaired) electrons. The molecule has 0 aliphatic carbocycles. The summed E-state index contributed by atoms with van der Waals surface area (Å²) in [6.45, 7) is 5.27. The van der Waals surface area contributed by atoms with Crippen molar-refractivity contribution in [3.63, 3.8) is 0 Å². The van der Waals surface area contributed by atoms with Gasteiger partial charge >= 0.3 is 0 Å². The van der Waals surface area contributed by atoms with Crippen molar-refractivity contribution < 1.29 is 13.9 Å². The van der Waals surface area contributed by atoms with E-state index in [1.165, 1.54) is 6.07 Å². The van der Waals surface area contributed by atoms with E-state index in [1.54, 1.807) is 19.1 Å². The van der Waals surface area contributed by atoms with E-state index in [0.717, 1.165) is 5.56 Å². The Kier molecular flexibility index (Phi) is 5.56. The molecule has 0 saturated heterocycles. The van der Waals surface area contributed by atoms with Crippen molar-refractivity contribution in [2.45, 2.75) is 39.7 Å². The Labute approximate surface area is 107 Å². The van der Waals surface area contributed by atoms with E-state index in [1.807, 2.05) is 26.0 Å². The predicted octanol–water partition coefficient (Wildman–Crippen LogP) is 4.00. The van der Waals surface area contributed by atoms with E-state index in [0.29, 0.717) is 12.8 Å². The highest BCUT2D eigenvalue weighted by Crippen LogP contribution is 2.20. The molecule has 3 heteroatoms. The fourth-order valence-electron chi connectivity index (χ4n) is 1.48. The fraction of sp³-hybridized carbons (Fsp3) is 0.400. The minimum atomic E-state index is -0.364. The molecule has 0 N–H and O–H groups in total. The van der Waals surface area contributed by atoms with Gasteiger partial charge in [-0.3, -0.25) is 0 Å². The lowest BCUT2D eigenvalue weighted by Crippen LogP contribution is -2.06. The maximum Gasteiger partial charge on any atom is 0.165 e. The molecule has 0 amide bonds. The highest BCUT2D eigenvalue weighted by molar-refractivity contribution is 5.75. The van der Waals surface area contributed by atoms with Gasteiger partial charge in [-0.15, -0.1) is 0 Å². The van der Waals surface area contributed by atoms with E-state index >= 15 is 0 Å². The summed E-state index contributed by atoms with van der Waals surface area (Å²) in [5, 5.41) is 0. The first kappa shape index (κ1) is 14.4. The molecule has 0 heterocycles. The molecule has 1 rings (SSSR count). The Morgan fingerprint density at radius 1 is 1.44 bits per heavy atom. The molecular formula is C15H19FO2. The monoisotopic (exact) mass is 250 g/mol. The van der Waals surface area contributed by atoms with Crippen molar-refractivity contribution >= 4 is 11.9 Å². The number of carbonyl (C=O) groups excluding carboxylic acids is 1. The van der Waals surface area contributed by atoms with Crippen LogP contribution in [0.15, 0.2) is 24.3 Å².